The molecule has 0 saturated carbocycles. The lowest BCUT2D eigenvalue weighted by molar-refractivity contribution is -0.184. The van der Waals surface area contributed by atoms with E-state index in [4.69, 9.17) is 0 Å². The molecule has 1 aliphatic rings. The highest BCUT2D eigenvalue weighted by Crippen LogP contribution is 2.34. The highest BCUT2D eigenvalue weighted by atomic mass is 19.4. The van der Waals surface area contributed by atoms with Crippen molar-refractivity contribution in [3.05, 3.63) is 36.0 Å². The van der Waals surface area contributed by atoms with Crippen LogP contribution in [0.4, 0.5) is 13.2 Å². The Labute approximate surface area is 126 Å². The molecule has 2 heterocycles. The Morgan fingerprint density at radius 3 is 2.73 bits per heavy atom. The Hall–Kier alpha value is -1.98. The summed E-state index contributed by atoms with van der Waals surface area (Å²) in [4.78, 5) is 14.0. The van der Waals surface area contributed by atoms with Gasteiger partial charge in [0.15, 0.2) is 0 Å². The lowest BCUT2D eigenvalue weighted by Crippen LogP contribution is -2.44. The normalized spacial score (nSPS) is 19.6. The third-order valence-electron chi connectivity index (χ3n) is 4.30. The highest BCUT2D eigenvalue weighted by molar-refractivity contribution is 6.07. The maximum absolute atomic E-state index is 12.9. The van der Waals surface area contributed by atoms with Crippen LogP contribution in [0.2, 0.25) is 0 Å². The number of para-hydroxylation sites is 1. The van der Waals surface area contributed by atoms with Crippen molar-refractivity contribution >= 4 is 16.8 Å². The summed E-state index contributed by atoms with van der Waals surface area (Å²) in [5.41, 5.74) is 1.37. The third kappa shape index (κ3) is 2.58. The summed E-state index contributed by atoms with van der Waals surface area (Å²) in [7, 11) is 1.83. The maximum atomic E-state index is 12.9. The molecule has 118 valence electrons. The van der Waals surface area contributed by atoms with E-state index in [0.29, 0.717) is 18.5 Å². The lowest BCUT2D eigenvalue weighted by atomic mass is 9.97. The van der Waals surface area contributed by atoms with Crippen LogP contribution in [0.5, 0.6) is 0 Å². The number of carbonyl (C=O) groups excluding carboxylic acids is 1. The van der Waals surface area contributed by atoms with Crippen molar-refractivity contribution in [1.29, 1.82) is 0 Å². The minimum Gasteiger partial charge on any atom is -0.350 e. The van der Waals surface area contributed by atoms with Crippen LogP contribution in [-0.4, -0.2) is 34.6 Å². The molecule has 1 fully saturated rings. The fourth-order valence-corrected chi connectivity index (χ4v) is 3.11. The molecule has 0 N–H and O–H groups in total. The fourth-order valence-electron chi connectivity index (χ4n) is 3.11. The molecule has 0 spiro atoms. The van der Waals surface area contributed by atoms with Crippen molar-refractivity contribution in [2.45, 2.75) is 19.0 Å². The van der Waals surface area contributed by atoms with Crippen molar-refractivity contribution in [2.75, 3.05) is 13.1 Å². The second-order valence-corrected chi connectivity index (χ2v) is 5.80. The largest absolute Gasteiger partial charge is 0.393 e. The van der Waals surface area contributed by atoms with E-state index in [1.54, 1.807) is 6.20 Å². The molecular weight excluding hydrogens is 293 g/mol. The zero-order chi connectivity index (χ0) is 15.9. The number of likely N-dealkylation sites (tertiary alicyclic amines) is 1. The van der Waals surface area contributed by atoms with Crippen LogP contribution in [-0.2, 0) is 7.05 Å². The van der Waals surface area contributed by atoms with E-state index >= 15 is 0 Å². The highest BCUT2D eigenvalue weighted by Gasteiger charge is 2.42. The topological polar surface area (TPSA) is 25.2 Å². The number of aromatic nitrogens is 1. The maximum Gasteiger partial charge on any atom is 0.393 e. The van der Waals surface area contributed by atoms with Crippen LogP contribution in [0.25, 0.3) is 10.9 Å². The van der Waals surface area contributed by atoms with Gasteiger partial charge in [0.2, 0.25) is 0 Å². The third-order valence-corrected chi connectivity index (χ3v) is 4.30. The summed E-state index contributed by atoms with van der Waals surface area (Å²) in [5, 5.41) is 0.782. The van der Waals surface area contributed by atoms with Gasteiger partial charge in [-0.05, 0) is 18.9 Å². The zero-order valence-electron chi connectivity index (χ0n) is 12.2. The monoisotopic (exact) mass is 310 g/mol. The van der Waals surface area contributed by atoms with E-state index in [2.05, 4.69) is 0 Å². The van der Waals surface area contributed by atoms with E-state index in [-0.39, 0.29) is 18.9 Å². The summed E-state index contributed by atoms with van der Waals surface area (Å²) >= 11 is 0. The van der Waals surface area contributed by atoms with Gasteiger partial charge in [-0.2, -0.15) is 13.2 Å². The zero-order valence-corrected chi connectivity index (χ0v) is 12.2. The first kappa shape index (κ1) is 14.9. The van der Waals surface area contributed by atoms with Crippen LogP contribution in [0.15, 0.2) is 30.5 Å². The number of alkyl halides is 3. The number of halogens is 3. The van der Waals surface area contributed by atoms with Gasteiger partial charge in [-0.15, -0.1) is 0 Å². The van der Waals surface area contributed by atoms with Crippen LogP contribution in [0.1, 0.15) is 23.2 Å². The fraction of sp³-hybridized carbons (Fsp3) is 0.438. The number of amides is 1. The van der Waals surface area contributed by atoms with E-state index in [9.17, 15) is 18.0 Å². The number of hydrogen-bond donors (Lipinski definition) is 0. The number of carbonyl (C=O) groups is 1. The van der Waals surface area contributed by atoms with Gasteiger partial charge < -0.3 is 9.47 Å². The average molecular weight is 310 g/mol. The standard InChI is InChI=1S/C16H17F3N2O/c1-20-10-13(12-6-2-3-7-14(12)20)15(22)21-8-4-5-11(9-21)16(17,18)19/h2-3,6-7,10-11H,4-5,8-9H2,1H3/t11-/m0/s1. The number of hydrogen-bond acceptors (Lipinski definition) is 1. The van der Waals surface area contributed by atoms with Crippen molar-refractivity contribution in [1.82, 2.24) is 9.47 Å². The van der Waals surface area contributed by atoms with E-state index in [1.807, 2.05) is 35.9 Å². The van der Waals surface area contributed by atoms with Gasteiger partial charge in [-0.25, -0.2) is 0 Å². The summed E-state index contributed by atoms with van der Waals surface area (Å²) in [5.74, 6) is -1.73. The van der Waals surface area contributed by atoms with Crippen LogP contribution >= 0.6 is 0 Å². The van der Waals surface area contributed by atoms with Gasteiger partial charge in [0, 0.05) is 37.2 Å². The Morgan fingerprint density at radius 1 is 1.27 bits per heavy atom. The SMILES string of the molecule is Cn1cc(C(=O)N2CCC[C@H](C(F)(F)F)C2)c2ccccc21. The van der Waals surface area contributed by atoms with Gasteiger partial charge in [-0.1, -0.05) is 18.2 Å². The molecule has 0 aliphatic carbocycles. The molecule has 3 rings (SSSR count). The summed E-state index contributed by atoms with van der Waals surface area (Å²) in [6, 6.07) is 7.42. The molecular formula is C16H17F3N2O. The van der Waals surface area contributed by atoms with Crippen molar-refractivity contribution in [2.24, 2.45) is 13.0 Å². The summed E-state index contributed by atoms with van der Waals surface area (Å²) in [6.45, 7) is 0.139. The van der Waals surface area contributed by atoms with Gasteiger partial charge in [0.25, 0.3) is 5.91 Å². The molecule has 1 aliphatic heterocycles. The molecule has 2 aromatic rings. The van der Waals surface area contributed by atoms with E-state index in [1.165, 1.54) is 4.90 Å². The first-order valence-corrected chi connectivity index (χ1v) is 7.28. The van der Waals surface area contributed by atoms with E-state index < -0.39 is 12.1 Å². The van der Waals surface area contributed by atoms with Crippen molar-refractivity contribution < 1.29 is 18.0 Å². The predicted octanol–water partition coefficient (Wildman–Crippen LogP) is 3.59. The number of piperidine rings is 1. The second kappa shape index (κ2) is 5.34. The molecule has 3 nitrogen and oxygen atoms in total. The predicted molar refractivity (Wildman–Crippen MR) is 77.6 cm³/mol. The van der Waals surface area contributed by atoms with E-state index in [0.717, 1.165) is 10.9 Å². The Kier molecular flexibility index (Phi) is 3.62. The smallest absolute Gasteiger partial charge is 0.350 e. The van der Waals surface area contributed by atoms with Crippen molar-refractivity contribution in [3.8, 4) is 0 Å². The minimum absolute atomic E-state index is 0.100. The second-order valence-electron chi connectivity index (χ2n) is 5.80. The molecule has 1 aromatic carbocycles. The van der Waals surface area contributed by atoms with Crippen LogP contribution < -0.4 is 0 Å². The number of fused-ring (bicyclic) bond motifs is 1. The van der Waals surface area contributed by atoms with Gasteiger partial charge >= 0.3 is 6.18 Å². The number of aryl methyl sites for hydroxylation is 1. The molecule has 0 radical (unpaired) electrons. The van der Waals surface area contributed by atoms with Gasteiger partial charge in [-0.3, -0.25) is 4.79 Å². The number of rotatable bonds is 1. The summed E-state index contributed by atoms with van der Waals surface area (Å²) < 4.78 is 40.5. The first-order chi connectivity index (χ1) is 10.4. The molecule has 1 amide bonds. The van der Waals surface area contributed by atoms with Crippen LogP contribution in [0.3, 0.4) is 0 Å². The average Bonchev–Trinajstić information content (AvgIpc) is 2.83. The Bertz CT molecular complexity index is 705. The Morgan fingerprint density at radius 2 is 2.00 bits per heavy atom. The van der Waals surface area contributed by atoms with Crippen LogP contribution in [0, 0.1) is 5.92 Å². The summed E-state index contributed by atoms with van der Waals surface area (Å²) in [6.07, 6.45) is -2.05. The quantitative estimate of drug-likeness (QED) is 0.790. The number of benzene rings is 1. The van der Waals surface area contributed by atoms with Gasteiger partial charge in [0.1, 0.15) is 0 Å². The molecule has 1 aromatic heterocycles. The molecule has 1 saturated heterocycles. The lowest BCUT2D eigenvalue weighted by Gasteiger charge is -2.33. The van der Waals surface area contributed by atoms with Gasteiger partial charge in [0.05, 0.1) is 11.5 Å². The molecule has 0 bridgehead atoms. The number of nitrogens with zero attached hydrogens (tertiary/aromatic N) is 2. The first-order valence-electron chi connectivity index (χ1n) is 7.28. The van der Waals surface area contributed by atoms with Crippen molar-refractivity contribution in [3.63, 3.8) is 0 Å². The molecule has 1 atom stereocenters. The molecule has 0 unspecified atom stereocenters. The molecule has 6 heteroatoms. The minimum atomic E-state index is -4.24. The Balaban J connectivity index is 1.90. The molecule has 22 heavy (non-hydrogen) atoms.